The van der Waals surface area contributed by atoms with E-state index in [1.807, 2.05) is 4.90 Å². The van der Waals surface area contributed by atoms with Crippen molar-refractivity contribution in [2.45, 2.75) is 19.3 Å². The van der Waals surface area contributed by atoms with Crippen LogP contribution in [-0.2, 0) is 0 Å². The minimum atomic E-state index is -0.0542. The Kier molecular flexibility index (Phi) is 5.49. The molecule has 1 aromatic carbocycles. The summed E-state index contributed by atoms with van der Waals surface area (Å²) in [6.07, 6.45) is 4.70. The number of pyridine rings is 1. The van der Waals surface area contributed by atoms with Crippen LogP contribution in [0.4, 0.5) is 0 Å². The molecule has 1 amide bonds. The van der Waals surface area contributed by atoms with E-state index in [2.05, 4.69) is 4.98 Å². The van der Waals surface area contributed by atoms with Crippen LogP contribution in [0, 0.1) is 0 Å². The predicted octanol–water partition coefficient (Wildman–Crippen LogP) is 5.46. The SMILES string of the molecule is O=C(c1cnc(Oc2cc(Cl)cc(Cl)c2)c(Cl)c1)N1CCCCC1. The van der Waals surface area contributed by atoms with E-state index in [1.54, 1.807) is 24.3 Å². The molecule has 1 aliphatic rings. The van der Waals surface area contributed by atoms with Gasteiger partial charge in [0, 0.05) is 29.3 Å². The fourth-order valence-electron chi connectivity index (χ4n) is 2.60. The first-order valence-corrected chi connectivity index (χ1v) is 8.75. The van der Waals surface area contributed by atoms with Crippen molar-refractivity contribution in [2.24, 2.45) is 0 Å². The highest BCUT2D eigenvalue weighted by Crippen LogP contribution is 2.31. The van der Waals surface area contributed by atoms with Crippen molar-refractivity contribution >= 4 is 40.7 Å². The molecule has 126 valence electrons. The van der Waals surface area contributed by atoms with Gasteiger partial charge >= 0.3 is 0 Å². The zero-order chi connectivity index (χ0) is 17.1. The Morgan fingerprint density at radius 1 is 1.00 bits per heavy atom. The molecule has 24 heavy (non-hydrogen) atoms. The van der Waals surface area contributed by atoms with Crippen molar-refractivity contribution in [2.75, 3.05) is 13.1 Å². The molecule has 0 radical (unpaired) electrons. The van der Waals surface area contributed by atoms with Crippen molar-refractivity contribution in [3.8, 4) is 11.6 Å². The van der Waals surface area contributed by atoms with Crippen LogP contribution in [0.2, 0.25) is 15.1 Å². The van der Waals surface area contributed by atoms with Gasteiger partial charge in [0.25, 0.3) is 5.91 Å². The highest BCUT2D eigenvalue weighted by atomic mass is 35.5. The highest BCUT2D eigenvalue weighted by molar-refractivity contribution is 6.35. The summed E-state index contributed by atoms with van der Waals surface area (Å²) in [6, 6.07) is 6.40. The number of benzene rings is 1. The predicted molar refractivity (Wildman–Crippen MR) is 95.5 cm³/mol. The van der Waals surface area contributed by atoms with Crippen LogP contribution in [-0.4, -0.2) is 28.9 Å². The Morgan fingerprint density at radius 3 is 2.29 bits per heavy atom. The van der Waals surface area contributed by atoms with E-state index in [9.17, 15) is 4.79 Å². The molecule has 4 nitrogen and oxygen atoms in total. The monoisotopic (exact) mass is 384 g/mol. The van der Waals surface area contributed by atoms with Crippen molar-refractivity contribution < 1.29 is 9.53 Å². The number of carbonyl (C=O) groups excluding carboxylic acids is 1. The smallest absolute Gasteiger partial charge is 0.255 e. The van der Waals surface area contributed by atoms with Crippen molar-refractivity contribution in [3.05, 3.63) is 51.1 Å². The Morgan fingerprint density at radius 2 is 1.67 bits per heavy atom. The number of hydrogen-bond acceptors (Lipinski definition) is 3. The standard InChI is InChI=1S/C17H15Cl3N2O2/c18-12-7-13(19)9-14(8-12)24-16-15(20)6-11(10-21-16)17(23)22-4-2-1-3-5-22/h6-10H,1-5H2. The van der Waals surface area contributed by atoms with Crippen LogP contribution in [0.3, 0.4) is 0 Å². The molecule has 0 N–H and O–H groups in total. The van der Waals surface area contributed by atoms with Crippen LogP contribution in [0.5, 0.6) is 11.6 Å². The van der Waals surface area contributed by atoms with Gasteiger partial charge in [-0.1, -0.05) is 34.8 Å². The first-order valence-electron chi connectivity index (χ1n) is 7.62. The highest BCUT2D eigenvalue weighted by Gasteiger charge is 2.20. The van der Waals surface area contributed by atoms with Crippen molar-refractivity contribution in [1.82, 2.24) is 9.88 Å². The molecule has 1 aromatic heterocycles. The Hall–Kier alpha value is -1.49. The molecule has 2 aromatic rings. The van der Waals surface area contributed by atoms with E-state index in [0.717, 1.165) is 32.4 Å². The number of hydrogen-bond donors (Lipinski definition) is 0. The summed E-state index contributed by atoms with van der Waals surface area (Å²) in [6.45, 7) is 1.55. The molecule has 1 aliphatic heterocycles. The number of amides is 1. The summed E-state index contributed by atoms with van der Waals surface area (Å²) < 4.78 is 5.61. The molecule has 1 saturated heterocycles. The molecule has 2 heterocycles. The molecule has 3 rings (SSSR count). The van der Waals surface area contributed by atoms with Gasteiger partial charge in [0.05, 0.1) is 5.56 Å². The zero-order valence-corrected chi connectivity index (χ0v) is 15.0. The molecule has 0 unspecified atom stereocenters. The lowest BCUT2D eigenvalue weighted by Gasteiger charge is -2.26. The van der Waals surface area contributed by atoms with Crippen LogP contribution >= 0.6 is 34.8 Å². The Labute approximate surface area is 155 Å². The lowest BCUT2D eigenvalue weighted by atomic mass is 10.1. The second kappa shape index (κ2) is 7.60. The number of piperidine rings is 1. The van der Waals surface area contributed by atoms with Crippen molar-refractivity contribution in [3.63, 3.8) is 0 Å². The molecule has 0 aliphatic carbocycles. The maximum atomic E-state index is 12.5. The molecular weight excluding hydrogens is 371 g/mol. The third-order valence-corrected chi connectivity index (χ3v) is 4.46. The fourth-order valence-corrected chi connectivity index (χ4v) is 3.31. The van der Waals surface area contributed by atoms with Gasteiger partial charge in [-0.2, -0.15) is 0 Å². The topological polar surface area (TPSA) is 42.4 Å². The Bertz CT molecular complexity index is 741. The van der Waals surface area contributed by atoms with Crippen LogP contribution in [0.15, 0.2) is 30.5 Å². The molecular formula is C17H15Cl3N2O2. The number of ether oxygens (including phenoxy) is 1. The van der Waals surface area contributed by atoms with E-state index in [4.69, 9.17) is 39.5 Å². The minimum absolute atomic E-state index is 0.0542. The number of likely N-dealkylation sites (tertiary alicyclic amines) is 1. The number of rotatable bonds is 3. The lowest BCUT2D eigenvalue weighted by molar-refractivity contribution is 0.0724. The van der Waals surface area contributed by atoms with Gasteiger partial charge in [-0.05, 0) is 43.5 Å². The number of aromatic nitrogens is 1. The van der Waals surface area contributed by atoms with Gasteiger partial charge in [-0.3, -0.25) is 4.79 Å². The summed E-state index contributed by atoms with van der Waals surface area (Å²) in [5, 5.41) is 1.16. The first-order chi connectivity index (χ1) is 11.5. The first kappa shape index (κ1) is 17.3. The minimum Gasteiger partial charge on any atom is -0.437 e. The van der Waals surface area contributed by atoms with E-state index >= 15 is 0 Å². The van der Waals surface area contributed by atoms with Crippen molar-refractivity contribution in [1.29, 1.82) is 0 Å². The average molecular weight is 386 g/mol. The second-order valence-corrected chi connectivity index (χ2v) is 6.85. The molecule has 0 atom stereocenters. The number of carbonyl (C=O) groups is 1. The summed E-state index contributed by atoms with van der Waals surface area (Å²) in [5.74, 6) is 0.573. The summed E-state index contributed by atoms with van der Waals surface area (Å²) >= 11 is 18.1. The fraction of sp³-hybridized carbons (Fsp3) is 0.294. The van der Waals surface area contributed by atoms with Gasteiger partial charge in [-0.25, -0.2) is 4.98 Å². The van der Waals surface area contributed by atoms with E-state index < -0.39 is 0 Å². The Balaban J connectivity index is 1.78. The molecule has 7 heteroatoms. The van der Waals surface area contributed by atoms with Gasteiger partial charge in [0.1, 0.15) is 10.8 Å². The van der Waals surface area contributed by atoms with Crippen LogP contribution < -0.4 is 4.74 Å². The van der Waals surface area contributed by atoms with E-state index in [-0.39, 0.29) is 16.8 Å². The number of nitrogens with zero attached hydrogens (tertiary/aromatic N) is 2. The van der Waals surface area contributed by atoms with Gasteiger partial charge in [0.15, 0.2) is 0 Å². The molecule has 0 bridgehead atoms. The van der Waals surface area contributed by atoms with E-state index in [1.165, 1.54) is 6.20 Å². The van der Waals surface area contributed by atoms with Gasteiger partial charge in [0.2, 0.25) is 5.88 Å². The molecule has 0 saturated carbocycles. The lowest BCUT2D eigenvalue weighted by Crippen LogP contribution is -2.35. The van der Waals surface area contributed by atoms with Crippen LogP contribution in [0.1, 0.15) is 29.6 Å². The van der Waals surface area contributed by atoms with Gasteiger partial charge < -0.3 is 9.64 Å². The molecule has 0 spiro atoms. The zero-order valence-electron chi connectivity index (χ0n) is 12.8. The maximum Gasteiger partial charge on any atom is 0.255 e. The number of halogens is 3. The summed E-state index contributed by atoms with van der Waals surface area (Å²) in [7, 11) is 0. The third-order valence-electron chi connectivity index (χ3n) is 3.75. The average Bonchev–Trinajstić information content (AvgIpc) is 2.56. The maximum absolute atomic E-state index is 12.5. The van der Waals surface area contributed by atoms with Crippen LogP contribution in [0.25, 0.3) is 0 Å². The largest absolute Gasteiger partial charge is 0.437 e. The molecule has 1 fully saturated rings. The van der Waals surface area contributed by atoms with Gasteiger partial charge in [-0.15, -0.1) is 0 Å². The summed E-state index contributed by atoms with van der Waals surface area (Å²) in [4.78, 5) is 18.5. The normalized spacial score (nSPS) is 14.5. The summed E-state index contributed by atoms with van der Waals surface area (Å²) in [5.41, 5.74) is 0.457. The quantitative estimate of drug-likeness (QED) is 0.704. The third kappa shape index (κ3) is 4.12. The van der Waals surface area contributed by atoms with E-state index in [0.29, 0.717) is 21.4 Å². The second-order valence-electron chi connectivity index (χ2n) is 5.57.